The second-order valence-electron chi connectivity index (χ2n) is 6.57. The average molecular weight is 342 g/mol. The van der Waals surface area contributed by atoms with Crippen LogP contribution in [0.4, 0.5) is 5.82 Å². The summed E-state index contributed by atoms with van der Waals surface area (Å²) >= 11 is 0. The van der Waals surface area contributed by atoms with E-state index < -0.39 is 0 Å². The summed E-state index contributed by atoms with van der Waals surface area (Å²) in [5.41, 5.74) is 9.10. The van der Waals surface area contributed by atoms with E-state index in [0.29, 0.717) is 30.3 Å². The Morgan fingerprint density at radius 1 is 1.08 bits per heavy atom. The Bertz CT molecular complexity index is 715. The third kappa shape index (κ3) is 4.27. The van der Waals surface area contributed by atoms with Crippen molar-refractivity contribution in [2.24, 2.45) is 0 Å². The minimum atomic E-state index is 0.199. The first-order chi connectivity index (χ1) is 12.2. The van der Waals surface area contributed by atoms with Crippen molar-refractivity contribution in [3.8, 4) is 17.0 Å². The average Bonchev–Trinajstić information content (AvgIpc) is 2.64. The number of rotatable bonds is 1. The molecule has 3 heterocycles. The van der Waals surface area contributed by atoms with Gasteiger partial charge in [0.15, 0.2) is 5.82 Å². The Labute approximate surface area is 148 Å². The zero-order valence-electron chi connectivity index (χ0n) is 14.7. The molecule has 6 nitrogen and oxygen atoms in total. The van der Waals surface area contributed by atoms with Gasteiger partial charge in [0.25, 0.3) is 0 Å². The standard InChI is InChI=1S/C13H13N3O2.C6H13N/c14-13-10-7-18-6-5-8(10)12(15-16-13)9-3-1-2-4-11(9)17;1-7-5-3-2-4-6-7/h1-4,17H,5-7H2,(H2,14,16);2-6H2,1H3. The van der Waals surface area contributed by atoms with E-state index in [1.807, 2.05) is 12.1 Å². The number of para-hydroxylation sites is 1. The summed E-state index contributed by atoms with van der Waals surface area (Å²) in [5.74, 6) is 0.606. The highest BCUT2D eigenvalue weighted by Crippen LogP contribution is 2.33. The summed E-state index contributed by atoms with van der Waals surface area (Å²) in [4.78, 5) is 2.39. The van der Waals surface area contributed by atoms with Gasteiger partial charge >= 0.3 is 0 Å². The van der Waals surface area contributed by atoms with Crippen LogP contribution in [0.15, 0.2) is 24.3 Å². The number of nitrogens with two attached hydrogens (primary N) is 1. The fraction of sp³-hybridized carbons (Fsp3) is 0.474. The number of phenolic OH excluding ortho intramolecular Hbond substituents is 1. The van der Waals surface area contributed by atoms with Crippen LogP contribution in [0.1, 0.15) is 30.4 Å². The van der Waals surface area contributed by atoms with Crippen LogP contribution in [0.3, 0.4) is 0 Å². The number of anilines is 1. The lowest BCUT2D eigenvalue weighted by Gasteiger charge is -2.20. The zero-order chi connectivity index (χ0) is 17.6. The van der Waals surface area contributed by atoms with Crippen LogP contribution in [-0.2, 0) is 17.8 Å². The Morgan fingerprint density at radius 3 is 2.52 bits per heavy atom. The molecule has 1 saturated heterocycles. The lowest BCUT2D eigenvalue weighted by Crippen LogP contribution is -2.24. The van der Waals surface area contributed by atoms with Crippen LogP contribution in [0.2, 0.25) is 0 Å². The van der Waals surface area contributed by atoms with Crippen LogP contribution in [0, 0.1) is 0 Å². The Morgan fingerprint density at radius 2 is 1.84 bits per heavy atom. The van der Waals surface area contributed by atoms with Gasteiger partial charge in [-0.25, -0.2) is 0 Å². The molecule has 0 radical (unpaired) electrons. The quantitative estimate of drug-likeness (QED) is 0.829. The maximum Gasteiger partial charge on any atom is 0.151 e. The molecule has 0 amide bonds. The predicted octanol–water partition coefficient (Wildman–Crippen LogP) is 2.61. The molecular formula is C19H26N4O2. The molecule has 4 rings (SSSR count). The van der Waals surface area contributed by atoms with Gasteiger partial charge in [0.1, 0.15) is 11.4 Å². The van der Waals surface area contributed by atoms with Gasteiger partial charge < -0.3 is 20.5 Å². The van der Waals surface area contributed by atoms with Crippen molar-refractivity contribution in [2.45, 2.75) is 32.3 Å². The van der Waals surface area contributed by atoms with Crippen LogP contribution in [-0.4, -0.2) is 46.9 Å². The first kappa shape index (κ1) is 17.6. The third-order valence-corrected chi connectivity index (χ3v) is 4.70. The number of aromatic nitrogens is 2. The van der Waals surface area contributed by atoms with E-state index in [9.17, 15) is 5.11 Å². The fourth-order valence-corrected chi connectivity index (χ4v) is 3.24. The number of aromatic hydroxyl groups is 1. The van der Waals surface area contributed by atoms with Gasteiger partial charge in [-0.05, 0) is 57.1 Å². The monoisotopic (exact) mass is 342 g/mol. The first-order valence-corrected chi connectivity index (χ1v) is 8.85. The smallest absolute Gasteiger partial charge is 0.151 e. The van der Waals surface area contributed by atoms with Gasteiger partial charge in [-0.1, -0.05) is 18.6 Å². The molecule has 1 aromatic carbocycles. The number of likely N-dealkylation sites (tertiary alicyclic amines) is 1. The third-order valence-electron chi connectivity index (χ3n) is 4.70. The molecule has 134 valence electrons. The number of hydrogen-bond acceptors (Lipinski definition) is 6. The number of phenols is 1. The molecule has 0 unspecified atom stereocenters. The first-order valence-electron chi connectivity index (χ1n) is 8.85. The van der Waals surface area contributed by atoms with E-state index in [1.165, 1.54) is 32.4 Å². The number of fused-ring (bicyclic) bond motifs is 1. The molecule has 0 spiro atoms. The highest BCUT2D eigenvalue weighted by atomic mass is 16.5. The molecular weight excluding hydrogens is 316 g/mol. The fourth-order valence-electron chi connectivity index (χ4n) is 3.24. The second-order valence-corrected chi connectivity index (χ2v) is 6.57. The Balaban J connectivity index is 0.000000219. The van der Waals surface area contributed by atoms with Crippen LogP contribution in [0.5, 0.6) is 5.75 Å². The number of benzene rings is 1. The number of ether oxygens (including phenoxy) is 1. The van der Waals surface area contributed by atoms with Gasteiger partial charge in [0.2, 0.25) is 0 Å². The molecule has 0 bridgehead atoms. The lowest BCUT2D eigenvalue weighted by molar-refractivity contribution is 0.111. The van der Waals surface area contributed by atoms with Crippen molar-refractivity contribution in [1.82, 2.24) is 15.1 Å². The Kier molecular flexibility index (Phi) is 5.83. The van der Waals surface area contributed by atoms with Crippen molar-refractivity contribution in [2.75, 3.05) is 32.5 Å². The highest BCUT2D eigenvalue weighted by molar-refractivity contribution is 5.71. The molecule has 0 atom stereocenters. The number of nitrogen functional groups attached to an aromatic ring is 1. The molecule has 25 heavy (non-hydrogen) atoms. The second kappa shape index (κ2) is 8.27. The minimum absolute atomic E-state index is 0.199. The summed E-state index contributed by atoms with van der Waals surface area (Å²) < 4.78 is 5.39. The molecule has 0 aliphatic carbocycles. The molecule has 3 N–H and O–H groups in total. The van der Waals surface area contributed by atoms with Gasteiger partial charge in [-0.15, -0.1) is 10.2 Å². The number of piperidine rings is 1. The maximum atomic E-state index is 9.90. The van der Waals surface area contributed by atoms with Gasteiger partial charge in [0.05, 0.1) is 13.2 Å². The maximum absolute atomic E-state index is 9.90. The van der Waals surface area contributed by atoms with E-state index in [2.05, 4.69) is 22.1 Å². The normalized spacial score (nSPS) is 17.3. The summed E-state index contributed by atoms with van der Waals surface area (Å²) in [6.07, 6.45) is 5.01. The largest absolute Gasteiger partial charge is 0.507 e. The highest BCUT2D eigenvalue weighted by Gasteiger charge is 2.20. The van der Waals surface area contributed by atoms with E-state index in [4.69, 9.17) is 10.5 Å². The summed E-state index contributed by atoms with van der Waals surface area (Å²) in [6.45, 7) is 3.73. The van der Waals surface area contributed by atoms with Crippen LogP contribution < -0.4 is 5.73 Å². The van der Waals surface area contributed by atoms with Crippen molar-refractivity contribution < 1.29 is 9.84 Å². The molecule has 2 aliphatic rings. The molecule has 2 aromatic rings. The molecule has 2 aliphatic heterocycles. The van der Waals surface area contributed by atoms with Crippen molar-refractivity contribution in [1.29, 1.82) is 0 Å². The number of hydrogen-bond donors (Lipinski definition) is 2. The van der Waals surface area contributed by atoms with Crippen molar-refractivity contribution >= 4 is 5.82 Å². The van der Waals surface area contributed by atoms with Crippen molar-refractivity contribution in [3.63, 3.8) is 0 Å². The van der Waals surface area contributed by atoms with Gasteiger partial charge in [-0.3, -0.25) is 0 Å². The SMILES string of the molecule is CN1CCCCC1.Nc1nnc(-c2ccccc2O)c2c1COCC2. The van der Waals surface area contributed by atoms with E-state index in [-0.39, 0.29) is 5.75 Å². The number of nitrogens with zero attached hydrogens (tertiary/aromatic N) is 3. The topological polar surface area (TPSA) is 84.5 Å². The Hall–Kier alpha value is -2.18. The van der Waals surface area contributed by atoms with Crippen molar-refractivity contribution in [3.05, 3.63) is 35.4 Å². The lowest BCUT2D eigenvalue weighted by atomic mass is 9.98. The van der Waals surface area contributed by atoms with E-state index in [1.54, 1.807) is 12.1 Å². The van der Waals surface area contributed by atoms with E-state index in [0.717, 1.165) is 17.5 Å². The molecule has 6 heteroatoms. The van der Waals surface area contributed by atoms with Gasteiger partial charge in [-0.2, -0.15) is 0 Å². The van der Waals surface area contributed by atoms with Crippen LogP contribution >= 0.6 is 0 Å². The summed E-state index contributed by atoms with van der Waals surface area (Å²) in [7, 11) is 2.19. The zero-order valence-corrected chi connectivity index (χ0v) is 14.7. The summed E-state index contributed by atoms with van der Waals surface area (Å²) in [5, 5.41) is 18.0. The van der Waals surface area contributed by atoms with Crippen LogP contribution in [0.25, 0.3) is 11.3 Å². The minimum Gasteiger partial charge on any atom is -0.507 e. The molecule has 0 saturated carbocycles. The van der Waals surface area contributed by atoms with Gasteiger partial charge in [0, 0.05) is 11.1 Å². The predicted molar refractivity (Wildman–Crippen MR) is 98.3 cm³/mol. The summed E-state index contributed by atoms with van der Waals surface area (Å²) in [6, 6.07) is 7.10. The molecule has 1 fully saturated rings. The van der Waals surface area contributed by atoms with E-state index >= 15 is 0 Å². The molecule has 1 aromatic heterocycles.